The summed E-state index contributed by atoms with van der Waals surface area (Å²) in [6, 6.07) is 2.19. The number of carbonyl (C=O) groups excluding carboxylic acids is 1. The van der Waals surface area contributed by atoms with E-state index in [0.29, 0.717) is 0 Å². The van der Waals surface area contributed by atoms with E-state index in [2.05, 4.69) is 11.4 Å². The SMILES string of the molecule is Cl.O=C(c1cc2c(s1)CCCCCC2)N1CCCNCC1. The lowest BCUT2D eigenvalue weighted by Gasteiger charge is -2.18. The minimum atomic E-state index is 0. The molecule has 1 amide bonds. The number of nitrogens with one attached hydrogen (secondary N) is 1. The predicted octanol–water partition coefficient (Wildman–Crippen LogP) is 3.26. The van der Waals surface area contributed by atoms with Crippen molar-refractivity contribution in [1.82, 2.24) is 10.2 Å². The summed E-state index contributed by atoms with van der Waals surface area (Å²) in [5.41, 5.74) is 1.45. The van der Waals surface area contributed by atoms with E-state index in [1.165, 1.54) is 49.0 Å². The lowest BCUT2D eigenvalue weighted by Crippen LogP contribution is -2.33. The zero-order chi connectivity index (χ0) is 13.8. The Balaban J connectivity index is 0.00000161. The summed E-state index contributed by atoms with van der Waals surface area (Å²) >= 11 is 1.75. The van der Waals surface area contributed by atoms with Crippen molar-refractivity contribution in [3.05, 3.63) is 21.4 Å². The second-order valence-electron chi connectivity index (χ2n) is 5.87. The van der Waals surface area contributed by atoms with E-state index in [1.807, 2.05) is 4.90 Å². The molecule has 0 bridgehead atoms. The summed E-state index contributed by atoms with van der Waals surface area (Å²) in [7, 11) is 0. The van der Waals surface area contributed by atoms with Gasteiger partial charge in [-0.15, -0.1) is 23.7 Å². The van der Waals surface area contributed by atoms with E-state index in [-0.39, 0.29) is 18.3 Å². The van der Waals surface area contributed by atoms with Crippen molar-refractivity contribution in [2.45, 2.75) is 44.9 Å². The fourth-order valence-electron chi connectivity index (χ4n) is 3.15. The fourth-order valence-corrected chi connectivity index (χ4v) is 4.38. The molecule has 1 N–H and O–H groups in total. The van der Waals surface area contributed by atoms with Crippen LogP contribution in [-0.4, -0.2) is 37.0 Å². The molecular formula is C16H25ClN2OS. The van der Waals surface area contributed by atoms with E-state index in [1.54, 1.807) is 11.3 Å². The Hall–Kier alpha value is -0.580. The molecule has 118 valence electrons. The average Bonchev–Trinajstić information content (AvgIpc) is 2.65. The summed E-state index contributed by atoms with van der Waals surface area (Å²) in [6.07, 6.45) is 8.67. The van der Waals surface area contributed by atoms with Gasteiger partial charge in [-0.1, -0.05) is 12.8 Å². The molecule has 5 heteroatoms. The molecule has 1 aromatic rings. The number of nitrogens with zero attached hydrogens (tertiary/aromatic N) is 1. The van der Waals surface area contributed by atoms with Crippen molar-refractivity contribution in [3.63, 3.8) is 0 Å². The maximum atomic E-state index is 12.7. The van der Waals surface area contributed by atoms with Crippen LogP contribution in [0.15, 0.2) is 6.07 Å². The van der Waals surface area contributed by atoms with Crippen LogP contribution in [0.1, 0.15) is 52.2 Å². The predicted molar refractivity (Wildman–Crippen MR) is 90.8 cm³/mol. The minimum absolute atomic E-state index is 0. The molecule has 3 nitrogen and oxygen atoms in total. The first-order valence-corrected chi connectivity index (χ1v) is 8.78. The van der Waals surface area contributed by atoms with Gasteiger partial charge in [0.05, 0.1) is 4.88 Å². The standard InChI is InChI=1S/C16H24N2OS.ClH/c19-16(18-10-5-8-17-9-11-18)15-12-13-6-3-1-2-4-7-14(13)20-15;/h12,17H,1-11H2;1H. The number of halogens is 1. The van der Waals surface area contributed by atoms with Crippen molar-refractivity contribution in [2.75, 3.05) is 26.2 Å². The topological polar surface area (TPSA) is 32.3 Å². The maximum absolute atomic E-state index is 12.7. The van der Waals surface area contributed by atoms with Gasteiger partial charge >= 0.3 is 0 Å². The van der Waals surface area contributed by atoms with Crippen molar-refractivity contribution in [3.8, 4) is 0 Å². The summed E-state index contributed by atoms with van der Waals surface area (Å²) in [4.78, 5) is 17.1. The van der Waals surface area contributed by atoms with Gasteiger partial charge in [-0.25, -0.2) is 0 Å². The number of aryl methyl sites for hydroxylation is 2. The molecule has 2 heterocycles. The molecular weight excluding hydrogens is 304 g/mol. The molecule has 0 radical (unpaired) electrons. The summed E-state index contributed by atoms with van der Waals surface area (Å²) in [5.74, 6) is 0.255. The van der Waals surface area contributed by atoms with Crippen LogP contribution in [0.5, 0.6) is 0 Å². The van der Waals surface area contributed by atoms with Crippen LogP contribution < -0.4 is 5.32 Å². The third kappa shape index (κ3) is 4.21. The molecule has 3 rings (SSSR count). The van der Waals surface area contributed by atoms with Gasteiger partial charge in [0.2, 0.25) is 0 Å². The first-order valence-electron chi connectivity index (χ1n) is 7.96. The Bertz CT molecular complexity index is 441. The number of hydrogen-bond acceptors (Lipinski definition) is 3. The van der Waals surface area contributed by atoms with E-state index < -0.39 is 0 Å². The Morgan fingerprint density at radius 2 is 1.86 bits per heavy atom. The molecule has 1 fully saturated rings. The molecule has 0 unspecified atom stereocenters. The van der Waals surface area contributed by atoms with E-state index in [0.717, 1.165) is 37.5 Å². The van der Waals surface area contributed by atoms with Gasteiger partial charge in [0.1, 0.15) is 0 Å². The van der Waals surface area contributed by atoms with Crippen LogP contribution >= 0.6 is 23.7 Å². The molecule has 0 spiro atoms. The van der Waals surface area contributed by atoms with Crippen LogP contribution in [0.4, 0.5) is 0 Å². The molecule has 1 aliphatic carbocycles. The molecule has 21 heavy (non-hydrogen) atoms. The number of carbonyl (C=O) groups is 1. The zero-order valence-corrected chi connectivity index (χ0v) is 14.2. The highest BCUT2D eigenvalue weighted by atomic mass is 35.5. The normalized spacial score (nSPS) is 19.7. The van der Waals surface area contributed by atoms with Crippen LogP contribution in [-0.2, 0) is 12.8 Å². The summed E-state index contributed by atoms with van der Waals surface area (Å²) < 4.78 is 0. The largest absolute Gasteiger partial charge is 0.337 e. The number of amides is 1. The Morgan fingerprint density at radius 3 is 2.71 bits per heavy atom. The molecule has 0 aromatic carbocycles. The highest BCUT2D eigenvalue weighted by Crippen LogP contribution is 2.29. The van der Waals surface area contributed by atoms with Gasteiger partial charge in [-0.05, 0) is 50.3 Å². The quantitative estimate of drug-likeness (QED) is 0.858. The molecule has 1 aromatic heterocycles. The van der Waals surface area contributed by atoms with Crippen LogP contribution in [0.2, 0.25) is 0 Å². The Kier molecular flexibility index (Phi) is 6.52. The van der Waals surface area contributed by atoms with Crippen molar-refractivity contribution in [1.29, 1.82) is 0 Å². The summed E-state index contributed by atoms with van der Waals surface area (Å²) in [6.45, 7) is 3.71. The number of rotatable bonds is 1. The van der Waals surface area contributed by atoms with Gasteiger partial charge in [0.25, 0.3) is 5.91 Å². The van der Waals surface area contributed by atoms with E-state index in [4.69, 9.17) is 0 Å². The van der Waals surface area contributed by atoms with E-state index in [9.17, 15) is 4.79 Å². The highest BCUT2D eigenvalue weighted by Gasteiger charge is 2.21. The van der Waals surface area contributed by atoms with Crippen LogP contribution in [0.3, 0.4) is 0 Å². The molecule has 0 saturated carbocycles. The fraction of sp³-hybridized carbons (Fsp3) is 0.688. The van der Waals surface area contributed by atoms with Gasteiger partial charge in [-0.2, -0.15) is 0 Å². The van der Waals surface area contributed by atoms with Crippen molar-refractivity contribution < 1.29 is 4.79 Å². The second kappa shape index (κ2) is 8.16. The number of fused-ring (bicyclic) bond motifs is 1. The third-order valence-corrected chi connectivity index (χ3v) is 5.56. The second-order valence-corrected chi connectivity index (χ2v) is 7.01. The first kappa shape index (κ1) is 16.8. The monoisotopic (exact) mass is 328 g/mol. The van der Waals surface area contributed by atoms with Crippen LogP contribution in [0.25, 0.3) is 0 Å². The van der Waals surface area contributed by atoms with Gasteiger partial charge in [0, 0.05) is 24.5 Å². The first-order chi connectivity index (χ1) is 9.84. The van der Waals surface area contributed by atoms with Gasteiger partial charge < -0.3 is 10.2 Å². The zero-order valence-electron chi connectivity index (χ0n) is 12.5. The van der Waals surface area contributed by atoms with Gasteiger partial charge in [-0.3, -0.25) is 4.79 Å². The number of thiophene rings is 1. The van der Waals surface area contributed by atoms with E-state index >= 15 is 0 Å². The minimum Gasteiger partial charge on any atom is -0.337 e. The van der Waals surface area contributed by atoms with Crippen LogP contribution in [0, 0.1) is 0 Å². The smallest absolute Gasteiger partial charge is 0.263 e. The lowest BCUT2D eigenvalue weighted by atomic mass is 10.00. The highest BCUT2D eigenvalue weighted by molar-refractivity contribution is 7.14. The third-order valence-electron chi connectivity index (χ3n) is 4.33. The number of hydrogen-bond donors (Lipinski definition) is 1. The van der Waals surface area contributed by atoms with Crippen molar-refractivity contribution >= 4 is 29.7 Å². The molecule has 1 saturated heterocycles. The Labute approximate surface area is 137 Å². The molecule has 0 atom stereocenters. The average molecular weight is 329 g/mol. The molecule has 1 aliphatic heterocycles. The maximum Gasteiger partial charge on any atom is 0.263 e. The Morgan fingerprint density at radius 1 is 1.05 bits per heavy atom. The van der Waals surface area contributed by atoms with Gasteiger partial charge in [0.15, 0.2) is 0 Å². The summed E-state index contributed by atoms with van der Waals surface area (Å²) in [5, 5.41) is 3.36. The lowest BCUT2D eigenvalue weighted by molar-refractivity contribution is 0.0771. The van der Waals surface area contributed by atoms with Crippen molar-refractivity contribution in [2.24, 2.45) is 0 Å². The molecule has 2 aliphatic rings.